The highest BCUT2D eigenvalue weighted by molar-refractivity contribution is 7.88. The van der Waals surface area contributed by atoms with Gasteiger partial charge in [0.2, 0.25) is 0 Å². The number of carbonyl (C=O) groups is 1. The minimum Gasteiger partial charge on any atom is -0.487 e. The number of carbonyl (C=O) groups excluding carboxylic acids is 1. The number of nitrogens with zero attached hydrogens (tertiary/aromatic N) is 1. The Balaban J connectivity index is 1.64. The molecule has 1 aliphatic heterocycles. The largest absolute Gasteiger partial charge is 0.487 e. The van der Waals surface area contributed by atoms with Crippen molar-refractivity contribution in [2.24, 2.45) is 11.8 Å². The van der Waals surface area contributed by atoms with E-state index < -0.39 is 28.3 Å². The maximum Gasteiger partial charge on any atom is 0.301 e. The predicted octanol–water partition coefficient (Wildman–Crippen LogP) is 5.16. The van der Waals surface area contributed by atoms with Crippen LogP contribution < -0.4 is 19.1 Å². The van der Waals surface area contributed by atoms with Crippen LogP contribution in [-0.2, 0) is 23.2 Å². The van der Waals surface area contributed by atoms with Gasteiger partial charge in [0, 0.05) is 29.7 Å². The molecule has 0 bridgehead atoms. The molecule has 0 aromatic heterocycles. The van der Waals surface area contributed by atoms with E-state index in [4.69, 9.17) is 16.3 Å². The fourth-order valence-electron chi connectivity index (χ4n) is 5.58. The zero-order chi connectivity index (χ0) is 29.6. The van der Waals surface area contributed by atoms with E-state index in [9.17, 15) is 18.3 Å². The second-order valence-corrected chi connectivity index (χ2v) is 12.9. The predicted molar refractivity (Wildman–Crippen MR) is 164 cm³/mol. The second kappa shape index (κ2) is 13.9. The molecule has 2 aliphatic rings. The van der Waals surface area contributed by atoms with E-state index in [-0.39, 0.29) is 17.4 Å². The van der Waals surface area contributed by atoms with Crippen LogP contribution in [0.4, 0.5) is 5.69 Å². The van der Waals surface area contributed by atoms with Crippen molar-refractivity contribution in [3.63, 3.8) is 0 Å². The molecule has 2 aromatic carbocycles. The molecular formula is C31H40ClN3O5S. The Morgan fingerprint density at radius 1 is 1.20 bits per heavy atom. The Bertz CT molecular complexity index is 1370. The van der Waals surface area contributed by atoms with Crippen molar-refractivity contribution in [1.29, 1.82) is 0 Å². The normalized spacial score (nSPS) is 20.6. The number of anilines is 1. The van der Waals surface area contributed by atoms with Gasteiger partial charge < -0.3 is 14.7 Å². The first kappa shape index (κ1) is 31.1. The quantitative estimate of drug-likeness (QED) is 0.325. The second-order valence-electron chi connectivity index (χ2n) is 11.0. The fraction of sp³-hybridized carbons (Fsp3) is 0.452. The van der Waals surface area contributed by atoms with Crippen LogP contribution in [0.25, 0.3) is 0 Å². The van der Waals surface area contributed by atoms with Gasteiger partial charge in [-0.25, -0.2) is 4.72 Å². The van der Waals surface area contributed by atoms with Crippen molar-refractivity contribution in [2.45, 2.75) is 64.2 Å². The van der Waals surface area contributed by atoms with E-state index in [0.29, 0.717) is 36.9 Å². The lowest BCUT2D eigenvalue weighted by Gasteiger charge is -2.42. The van der Waals surface area contributed by atoms with Crippen LogP contribution in [0.5, 0.6) is 5.75 Å². The summed E-state index contributed by atoms with van der Waals surface area (Å²) in [7, 11) is -4.07. The number of nitrogens with one attached hydrogen (secondary N) is 2. The van der Waals surface area contributed by atoms with Crippen molar-refractivity contribution >= 4 is 33.4 Å². The molecule has 1 saturated carbocycles. The summed E-state index contributed by atoms with van der Waals surface area (Å²) in [5, 5.41) is 11.1. The van der Waals surface area contributed by atoms with Gasteiger partial charge in [-0.15, -0.1) is 13.2 Å². The number of benzene rings is 2. The van der Waals surface area contributed by atoms with E-state index in [1.54, 1.807) is 37.3 Å². The van der Waals surface area contributed by atoms with Gasteiger partial charge in [0.15, 0.2) is 0 Å². The van der Waals surface area contributed by atoms with E-state index in [2.05, 4.69) is 27.5 Å². The lowest BCUT2D eigenvalue weighted by molar-refractivity contribution is 0.0465. The van der Waals surface area contributed by atoms with Gasteiger partial charge in [-0.1, -0.05) is 29.8 Å². The van der Waals surface area contributed by atoms with E-state index >= 15 is 0 Å². The highest BCUT2D eigenvalue weighted by atomic mass is 35.5. The Morgan fingerprint density at radius 3 is 2.71 bits per heavy atom. The number of hydrogen-bond acceptors (Lipinski definition) is 6. The zero-order valence-corrected chi connectivity index (χ0v) is 25.1. The summed E-state index contributed by atoms with van der Waals surface area (Å²) < 4.78 is 36.1. The lowest BCUT2D eigenvalue weighted by atomic mass is 9.70. The van der Waals surface area contributed by atoms with Crippen molar-refractivity contribution in [3.8, 4) is 5.75 Å². The number of rotatable bonds is 10. The van der Waals surface area contributed by atoms with Crippen molar-refractivity contribution < 1.29 is 23.1 Å². The Hall–Kier alpha value is -2.85. The maximum atomic E-state index is 13.1. The first-order valence-corrected chi connectivity index (χ1v) is 16.0. The third kappa shape index (κ3) is 8.13. The number of fused-ring (bicyclic) bond motifs is 2. The number of hydrogen-bond donors (Lipinski definition) is 3. The highest BCUT2D eigenvalue weighted by Crippen LogP contribution is 2.40. The lowest BCUT2D eigenvalue weighted by Crippen LogP contribution is -2.44. The van der Waals surface area contributed by atoms with Crippen LogP contribution in [-0.4, -0.2) is 44.7 Å². The van der Waals surface area contributed by atoms with Gasteiger partial charge in [-0.2, -0.15) is 13.1 Å². The molecule has 0 spiro atoms. The Labute approximate surface area is 248 Å². The third-order valence-electron chi connectivity index (χ3n) is 7.95. The molecule has 41 heavy (non-hydrogen) atoms. The summed E-state index contributed by atoms with van der Waals surface area (Å²) in [4.78, 5) is 15.3. The molecule has 4 atom stereocenters. The average Bonchev–Trinajstić information content (AvgIpc) is 2.93. The number of aryl methyl sites for hydroxylation is 1. The van der Waals surface area contributed by atoms with Crippen molar-refractivity contribution in [3.05, 3.63) is 83.4 Å². The number of ether oxygens (including phenoxy) is 1. The van der Waals surface area contributed by atoms with E-state index in [1.165, 1.54) is 0 Å². The van der Waals surface area contributed by atoms with Gasteiger partial charge in [0.25, 0.3) is 5.91 Å². The molecule has 0 unspecified atom stereocenters. The van der Waals surface area contributed by atoms with Crippen LogP contribution in [0.1, 0.15) is 60.5 Å². The first-order valence-electron chi connectivity index (χ1n) is 14.1. The number of halogens is 1. The summed E-state index contributed by atoms with van der Waals surface area (Å²) in [5.74, 6) is 0.251. The molecule has 222 valence electrons. The molecule has 0 radical (unpaired) electrons. The molecule has 1 amide bonds. The smallest absolute Gasteiger partial charge is 0.301 e. The van der Waals surface area contributed by atoms with Crippen LogP contribution >= 0.6 is 11.6 Å². The van der Waals surface area contributed by atoms with Gasteiger partial charge in [0.05, 0.1) is 11.8 Å². The minimum atomic E-state index is -4.07. The summed E-state index contributed by atoms with van der Waals surface area (Å²) in [5.41, 5.74) is 3.13. The van der Waals surface area contributed by atoms with E-state index in [0.717, 1.165) is 48.9 Å². The molecule has 1 aliphatic carbocycles. The monoisotopic (exact) mass is 601 g/mol. The SMILES string of the molecule is C=CC[C@H](C)NS(=O)(=O)NC(=O)c1ccc2c(c1)N(C[C@@H]1CC[C@H]1[C@@H](O)C=C)CCCCc1cc(Cl)ccc1CO2. The average molecular weight is 602 g/mol. The fourth-order valence-corrected chi connectivity index (χ4v) is 6.82. The number of amides is 1. The Morgan fingerprint density at radius 2 is 2.00 bits per heavy atom. The minimum absolute atomic E-state index is 0.127. The van der Waals surface area contributed by atoms with Crippen LogP contribution in [0.2, 0.25) is 5.02 Å². The molecule has 4 rings (SSSR count). The molecule has 2 aromatic rings. The van der Waals surface area contributed by atoms with Gasteiger partial charge in [-0.3, -0.25) is 4.79 Å². The molecular weight excluding hydrogens is 562 g/mol. The molecule has 1 heterocycles. The highest BCUT2D eigenvalue weighted by Gasteiger charge is 2.36. The van der Waals surface area contributed by atoms with Crippen molar-refractivity contribution in [2.75, 3.05) is 18.0 Å². The summed E-state index contributed by atoms with van der Waals surface area (Å²) in [6.07, 6.45) is 7.69. The van der Waals surface area contributed by atoms with Crippen LogP contribution in [0.15, 0.2) is 61.7 Å². The zero-order valence-electron chi connectivity index (χ0n) is 23.5. The molecule has 0 saturated heterocycles. The molecule has 3 N–H and O–H groups in total. The topological polar surface area (TPSA) is 108 Å². The summed E-state index contributed by atoms with van der Waals surface area (Å²) in [6, 6.07) is 10.4. The Kier molecular flexibility index (Phi) is 10.5. The number of aliphatic hydroxyl groups excluding tert-OH is 1. The van der Waals surface area contributed by atoms with Gasteiger partial charge >= 0.3 is 10.2 Å². The number of aliphatic hydroxyl groups is 1. The molecule has 1 fully saturated rings. The van der Waals surface area contributed by atoms with Gasteiger partial charge in [-0.05, 0) is 98.7 Å². The molecule has 8 nitrogen and oxygen atoms in total. The third-order valence-corrected chi connectivity index (χ3v) is 9.35. The van der Waals surface area contributed by atoms with Crippen molar-refractivity contribution in [1.82, 2.24) is 9.44 Å². The van der Waals surface area contributed by atoms with E-state index in [1.807, 2.05) is 18.2 Å². The first-order chi connectivity index (χ1) is 19.6. The molecule has 10 heteroatoms. The van der Waals surface area contributed by atoms with Gasteiger partial charge in [0.1, 0.15) is 12.4 Å². The maximum absolute atomic E-state index is 13.1. The summed E-state index contributed by atoms with van der Waals surface area (Å²) in [6.45, 7) is 10.8. The standard InChI is InChI=1S/C31H40ClN3O5S/c1-4-8-21(3)33-41(38,39)34-31(37)23-12-15-30-28(18-23)35(19-24-11-14-27(24)29(36)5-2)16-7-6-9-22-17-26(32)13-10-25(22)20-40-30/h4-5,10,12-13,15,17-18,21,24,27,29,33,36H,1-2,6-9,11,14,16,19-20H2,3H3,(H,34,37)/t21-,24-,27+,29-/m0/s1. The summed E-state index contributed by atoms with van der Waals surface area (Å²) >= 11 is 6.28. The van der Waals surface area contributed by atoms with Crippen LogP contribution in [0, 0.1) is 11.8 Å². The van der Waals surface area contributed by atoms with Crippen LogP contribution in [0.3, 0.4) is 0 Å².